The Morgan fingerprint density at radius 1 is 1.48 bits per heavy atom. The van der Waals surface area contributed by atoms with Crippen LogP contribution in [0, 0.1) is 0 Å². The average molecular weight is 368 g/mol. The quantitative estimate of drug-likeness (QED) is 0.658. The van der Waals surface area contributed by atoms with Gasteiger partial charge in [-0.15, -0.1) is 11.3 Å². The van der Waals surface area contributed by atoms with Gasteiger partial charge in [-0.1, -0.05) is 0 Å². The molecule has 0 saturated carbocycles. The molecule has 1 aromatic heterocycles. The molecule has 2 amide bonds. The van der Waals surface area contributed by atoms with Gasteiger partial charge < -0.3 is 20.7 Å². The van der Waals surface area contributed by atoms with Gasteiger partial charge in [0, 0.05) is 18.3 Å². The Bertz CT molecular complexity index is 605. The molecular weight excluding hydrogens is 344 g/mol. The van der Waals surface area contributed by atoms with Crippen molar-refractivity contribution in [3.8, 4) is 0 Å². The summed E-state index contributed by atoms with van der Waals surface area (Å²) in [4.78, 5) is 42.1. The number of esters is 1. The maximum Gasteiger partial charge on any atom is 0.325 e. The normalized spacial score (nSPS) is 18.2. The predicted octanol–water partition coefficient (Wildman–Crippen LogP) is 0.0717. The van der Waals surface area contributed by atoms with Crippen LogP contribution in [-0.4, -0.2) is 58.9 Å². The molecule has 9 heteroatoms. The van der Waals surface area contributed by atoms with E-state index in [4.69, 9.17) is 10.5 Å². The Balaban J connectivity index is 1.88. The molecule has 3 N–H and O–H groups in total. The van der Waals surface area contributed by atoms with E-state index >= 15 is 0 Å². The third-order valence-corrected chi connectivity index (χ3v) is 4.48. The zero-order chi connectivity index (χ0) is 18.4. The molecule has 0 spiro atoms. The fraction of sp³-hybridized carbons (Fsp3) is 0.625. The van der Waals surface area contributed by atoms with Crippen LogP contribution in [0.1, 0.15) is 32.4 Å². The molecule has 0 aliphatic carbocycles. The predicted molar refractivity (Wildman–Crippen MR) is 92.8 cm³/mol. The first-order valence-corrected chi connectivity index (χ1v) is 9.23. The summed E-state index contributed by atoms with van der Waals surface area (Å²) in [6.07, 6.45) is 1.38. The molecule has 8 nitrogen and oxygen atoms in total. The van der Waals surface area contributed by atoms with Crippen LogP contribution >= 0.6 is 11.3 Å². The zero-order valence-electron chi connectivity index (χ0n) is 14.4. The maximum atomic E-state index is 12.6. The summed E-state index contributed by atoms with van der Waals surface area (Å²) in [6, 6.07) is -1.33. The number of amides is 2. The number of nitrogens with one attached hydrogen (secondary N) is 1. The number of likely N-dealkylation sites (tertiary alicyclic amines) is 1. The minimum Gasteiger partial charge on any atom is -0.462 e. The lowest BCUT2D eigenvalue weighted by Crippen LogP contribution is -2.52. The number of carbonyl (C=O) groups is 3. The van der Waals surface area contributed by atoms with E-state index in [0.29, 0.717) is 19.4 Å². The first-order valence-electron chi connectivity index (χ1n) is 8.28. The third-order valence-electron chi connectivity index (χ3n) is 3.84. The van der Waals surface area contributed by atoms with Crippen LogP contribution in [0.15, 0.2) is 10.9 Å². The van der Waals surface area contributed by atoms with E-state index in [0.717, 1.165) is 12.1 Å². The van der Waals surface area contributed by atoms with Crippen LogP contribution in [0.4, 0.5) is 0 Å². The van der Waals surface area contributed by atoms with E-state index in [1.807, 2.05) is 5.38 Å². The second kappa shape index (κ2) is 8.91. The van der Waals surface area contributed by atoms with Crippen molar-refractivity contribution in [2.75, 3.05) is 13.1 Å². The van der Waals surface area contributed by atoms with Crippen LogP contribution in [0.2, 0.25) is 0 Å². The number of aromatic nitrogens is 1. The third kappa shape index (κ3) is 5.50. The Hall–Kier alpha value is -2.00. The van der Waals surface area contributed by atoms with E-state index in [9.17, 15) is 14.4 Å². The van der Waals surface area contributed by atoms with Crippen LogP contribution in [0.3, 0.4) is 0 Å². The van der Waals surface area contributed by atoms with Gasteiger partial charge in [-0.2, -0.15) is 0 Å². The van der Waals surface area contributed by atoms with Gasteiger partial charge in [0.1, 0.15) is 12.6 Å². The van der Waals surface area contributed by atoms with E-state index in [2.05, 4.69) is 10.3 Å². The SMILES string of the molecule is CC(C)OC(=O)CNC(=O)[C@@H]1CCCN1C(=O)[C@@H](N)Cc1cscn1. The molecule has 2 rings (SSSR count). The molecule has 1 aliphatic rings. The van der Waals surface area contributed by atoms with E-state index in [1.165, 1.54) is 16.2 Å². The summed E-state index contributed by atoms with van der Waals surface area (Å²) in [5, 5.41) is 4.39. The number of nitrogens with zero attached hydrogens (tertiary/aromatic N) is 2. The second-order valence-corrected chi connectivity index (χ2v) is 6.96. The summed E-state index contributed by atoms with van der Waals surface area (Å²) < 4.78 is 4.97. The van der Waals surface area contributed by atoms with Crippen molar-refractivity contribution in [3.05, 3.63) is 16.6 Å². The van der Waals surface area contributed by atoms with Gasteiger partial charge in [0.05, 0.1) is 23.4 Å². The number of ether oxygens (including phenoxy) is 1. The molecule has 25 heavy (non-hydrogen) atoms. The molecule has 138 valence electrons. The van der Waals surface area contributed by atoms with Gasteiger partial charge >= 0.3 is 5.97 Å². The van der Waals surface area contributed by atoms with E-state index < -0.39 is 18.1 Å². The molecule has 0 unspecified atom stereocenters. The van der Waals surface area contributed by atoms with Crippen molar-refractivity contribution in [2.45, 2.75) is 51.3 Å². The van der Waals surface area contributed by atoms with Crippen LogP contribution in [0.5, 0.6) is 0 Å². The van der Waals surface area contributed by atoms with Crippen LogP contribution in [0.25, 0.3) is 0 Å². The van der Waals surface area contributed by atoms with Crippen LogP contribution < -0.4 is 11.1 Å². The molecule has 0 radical (unpaired) electrons. The van der Waals surface area contributed by atoms with Gasteiger partial charge in [0.25, 0.3) is 0 Å². The topological polar surface area (TPSA) is 115 Å². The molecule has 2 heterocycles. The van der Waals surface area contributed by atoms with Crippen molar-refractivity contribution in [1.29, 1.82) is 0 Å². The highest BCUT2D eigenvalue weighted by atomic mass is 32.1. The lowest BCUT2D eigenvalue weighted by atomic mass is 10.1. The molecule has 0 aromatic carbocycles. The summed E-state index contributed by atoms with van der Waals surface area (Å²) in [6.45, 7) is 3.75. The fourth-order valence-electron chi connectivity index (χ4n) is 2.75. The first kappa shape index (κ1) is 19.3. The minimum atomic E-state index is -0.735. The smallest absolute Gasteiger partial charge is 0.325 e. The van der Waals surface area contributed by atoms with Gasteiger partial charge in [0.2, 0.25) is 11.8 Å². The van der Waals surface area contributed by atoms with Gasteiger partial charge in [-0.05, 0) is 26.7 Å². The lowest BCUT2D eigenvalue weighted by Gasteiger charge is -2.26. The van der Waals surface area contributed by atoms with Crippen molar-refractivity contribution in [2.24, 2.45) is 5.73 Å². The summed E-state index contributed by atoms with van der Waals surface area (Å²) >= 11 is 1.44. The molecule has 1 aliphatic heterocycles. The van der Waals surface area contributed by atoms with Crippen molar-refractivity contribution >= 4 is 29.1 Å². The number of hydrogen-bond acceptors (Lipinski definition) is 7. The number of rotatable bonds is 7. The standard InChI is InChI=1S/C16H24N4O4S/c1-10(2)24-14(21)7-18-15(22)13-4-3-5-20(13)16(23)12(17)6-11-8-25-9-19-11/h8-10,12-13H,3-7,17H2,1-2H3,(H,18,22)/t12-,13-/m0/s1. The van der Waals surface area contributed by atoms with Crippen molar-refractivity contribution in [3.63, 3.8) is 0 Å². The second-order valence-electron chi connectivity index (χ2n) is 6.24. The number of thiazole rings is 1. The highest BCUT2D eigenvalue weighted by Gasteiger charge is 2.36. The Kier molecular flexibility index (Phi) is 6.89. The monoisotopic (exact) mass is 368 g/mol. The average Bonchev–Trinajstić information content (AvgIpc) is 3.22. The number of hydrogen-bond donors (Lipinski definition) is 2. The van der Waals surface area contributed by atoms with Gasteiger partial charge in [0.15, 0.2) is 0 Å². The highest BCUT2D eigenvalue weighted by molar-refractivity contribution is 7.07. The molecular formula is C16H24N4O4S. The molecule has 1 aromatic rings. The minimum absolute atomic E-state index is 0.208. The molecule has 0 bridgehead atoms. The van der Waals surface area contributed by atoms with E-state index in [1.54, 1.807) is 19.4 Å². The molecule has 1 fully saturated rings. The number of nitrogens with two attached hydrogens (primary N) is 1. The zero-order valence-corrected chi connectivity index (χ0v) is 15.3. The summed E-state index contributed by atoms with van der Waals surface area (Å²) in [5.41, 5.74) is 8.45. The lowest BCUT2D eigenvalue weighted by molar-refractivity contribution is -0.148. The number of carbonyl (C=O) groups excluding carboxylic acids is 3. The molecule has 2 atom stereocenters. The summed E-state index contributed by atoms with van der Waals surface area (Å²) in [5.74, 6) is -1.12. The van der Waals surface area contributed by atoms with E-state index in [-0.39, 0.29) is 24.5 Å². The Morgan fingerprint density at radius 3 is 2.88 bits per heavy atom. The maximum absolute atomic E-state index is 12.6. The fourth-order valence-corrected chi connectivity index (χ4v) is 3.32. The molecule has 1 saturated heterocycles. The largest absolute Gasteiger partial charge is 0.462 e. The Morgan fingerprint density at radius 2 is 2.24 bits per heavy atom. The first-order chi connectivity index (χ1) is 11.9. The Labute approximate surface area is 150 Å². The highest BCUT2D eigenvalue weighted by Crippen LogP contribution is 2.19. The van der Waals surface area contributed by atoms with Gasteiger partial charge in [-0.25, -0.2) is 4.98 Å². The van der Waals surface area contributed by atoms with Gasteiger partial charge in [-0.3, -0.25) is 14.4 Å². The van der Waals surface area contributed by atoms with Crippen molar-refractivity contribution < 1.29 is 19.1 Å². The summed E-state index contributed by atoms with van der Waals surface area (Å²) in [7, 11) is 0. The van der Waals surface area contributed by atoms with Crippen LogP contribution in [-0.2, 0) is 25.5 Å². The van der Waals surface area contributed by atoms with Crippen molar-refractivity contribution in [1.82, 2.24) is 15.2 Å².